The number of para-hydroxylation sites is 1. The number of ether oxygens (including phenoxy) is 2. The molecule has 0 unspecified atom stereocenters. The number of rotatable bonds is 10. The number of carbonyl (C=O) groups excluding carboxylic acids is 1. The largest absolute Gasteiger partial charge is 0.490 e. The van der Waals surface area contributed by atoms with E-state index in [4.69, 9.17) is 9.47 Å². The Morgan fingerprint density at radius 1 is 1.03 bits per heavy atom. The number of H-pyrrole nitrogens is 1. The van der Waals surface area contributed by atoms with E-state index in [1.54, 1.807) is 0 Å². The first-order chi connectivity index (χ1) is 14.1. The lowest BCUT2D eigenvalue weighted by Gasteiger charge is -2.18. The van der Waals surface area contributed by atoms with Crippen molar-refractivity contribution in [1.29, 1.82) is 0 Å². The Morgan fingerprint density at radius 3 is 2.52 bits per heavy atom. The van der Waals surface area contributed by atoms with E-state index in [0.29, 0.717) is 19.6 Å². The molecule has 29 heavy (non-hydrogen) atoms. The van der Waals surface area contributed by atoms with Crippen molar-refractivity contribution in [3.63, 3.8) is 0 Å². The van der Waals surface area contributed by atoms with Crippen LogP contribution < -0.4 is 14.8 Å². The molecule has 0 fully saturated rings. The molecule has 2 aromatic carbocycles. The molecule has 5 heteroatoms. The second-order valence-electron chi connectivity index (χ2n) is 7.23. The molecule has 0 bridgehead atoms. The maximum absolute atomic E-state index is 12.6. The lowest BCUT2D eigenvalue weighted by molar-refractivity contribution is -0.121. The summed E-state index contributed by atoms with van der Waals surface area (Å²) in [5.74, 6) is 1.47. The summed E-state index contributed by atoms with van der Waals surface area (Å²) in [6, 6.07) is 13.8. The molecule has 2 N–H and O–H groups in total. The van der Waals surface area contributed by atoms with Gasteiger partial charge in [0.1, 0.15) is 0 Å². The van der Waals surface area contributed by atoms with Gasteiger partial charge in [0.25, 0.3) is 0 Å². The number of aromatic nitrogens is 1. The monoisotopic (exact) mass is 394 g/mol. The highest BCUT2D eigenvalue weighted by molar-refractivity contribution is 5.89. The Bertz CT molecular complexity index is 948. The predicted octanol–water partition coefficient (Wildman–Crippen LogP) is 5.17. The lowest BCUT2D eigenvalue weighted by atomic mass is 10.1. The van der Waals surface area contributed by atoms with Gasteiger partial charge in [0.05, 0.1) is 25.7 Å². The SMILES string of the molecule is CCCOc1ccc([C@H](C)NC(=O)Cc2c[nH]c3ccccc23)cc1OCCC. The van der Waals surface area contributed by atoms with Crippen molar-refractivity contribution in [2.45, 2.75) is 46.1 Å². The summed E-state index contributed by atoms with van der Waals surface area (Å²) < 4.78 is 11.7. The first-order valence-corrected chi connectivity index (χ1v) is 10.4. The lowest BCUT2D eigenvalue weighted by Crippen LogP contribution is -2.28. The van der Waals surface area contributed by atoms with E-state index >= 15 is 0 Å². The van der Waals surface area contributed by atoms with Crippen LogP contribution in [0, 0.1) is 0 Å². The number of carbonyl (C=O) groups is 1. The molecule has 0 radical (unpaired) electrons. The Labute approximate surface area is 172 Å². The van der Waals surface area contributed by atoms with Crippen molar-refractivity contribution in [3.8, 4) is 11.5 Å². The third kappa shape index (κ3) is 5.31. The van der Waals surface area contributed by atoms with Gasteiger partial charge in [-0.2, -0.15) is 0 Å². The van der Waals surface area contributed by atoms with Crippen molar-refractivity contribution in [2.24, 2.45) is 0 Å². The van der Waals surface area contributed by atoms with E-state index in [-0.39, 0.29) is 11.9 Å². The average molecular weight is 395 g/mol. The molecule has 0 spiro atoms. The van der Waals surface area contributed by atoms with Crippen LogP contribution in [-0.2, 0) is 11.2 Å². The van der Waals surface area contributed by atoms with Gasteiger partial charge in [-0.15, -0.1) is 0 Å². The molecule has 0 aliphatic heterocycles. The number of fused-ring (bicyclic) bond motifs is 1. The zero-order chi connectivity index (χ0) is 20.6. The minimum Gasteiger partial charge on any atom is -0.490 e. The molecule has 1 amide bonds. The van der Waals surface area contributed by atoms with Gasteiger partial charge >= 0.3 is 0 Å². The van der Waals surface area contributed by atoms with E-state index in [1.807, 2.05) is 55.6 Å². The number of hydrogen-bond acceptors (Lipinski definition) is 3. The second-order valence-corrected chi connectivity index (χ2v) is 7.23. The Kier molecular flexibility index (Phi) is 7.17. The van der Waals surface area contributed by atoms with Crippen LogP contribution in [0.4, 0.5) is 0 Å². The second kappa shape index (κ2) is 10.0. The normalized spacial score (nSPS) is 12.0. The van der Waals surface area contributed by atoms with E-state index in [0.717, 1.165) is 46.4 Å². The highest BCUT2D eigenvalue weighted by Gasteiger charge is 2.15. The van der Waals surface area contributed by atoms with Crippen LogP contribution in [0.2, 0.25) is 0 Å². The van der Waals surface area contributed by atoms with Crippen molar-refractivity contribution in [1.82, 2.24) is 10.3 Å². The summed E-state index contributed by atoms with van der Waals surface area (Å²) in [5, 5.41) is 4.18. The molecular weight excluding hydrogens is 364 g/mol. The van der Waals surface area contributed by atoms with Gasteiger partial charge in [-0.1, -0.05) is 38.1 Å². The standard InChI is InChI=1S/C24H30N2O3/c1-4-12-28-22-11-10-18(14-23(22)29-13-5-2)17(3)26-24(27)15-19-16-25-21-9-7-6-8-20(19)21/h6-11,14,16-17,25H,4-5,12-13,15H2,1-3H3,(H,26,27)/t17-/m0/s1. The average Bonchev–Trinajstić information content (AvgIpc) is 3.13. The number of amides is 1. The molecule has 1 heterocycles. The predicted molar refractivity (Wildman–Crippen MR) is 117 cm³/mol. The van der Waals surface area contributed by atoms with Gasteiger partial charge < -0.3 is 19.8 Å². The van der Waals surface area contributed by atoms with E-state index in [9.17, 15) is 4.79 Å². The molecule has 0 aliphatic rings. The van der Waals surface area contributed by atoms with Crippen LogP contribution in [0.3, 0.4) is 0 Å². The van der Waals surface area contributed by atoms with Gasteiger partial charge in [-0.05, 0) is 49.1 Å². The van der Waals surface area contributed by atoms with Crippen molar-refractivity contribution in [2.75, 3.05) is 13.2 Å². The maximum atomic E-state index is 12.6. The molecule has 5 nitrogen and oxygen atoms in total. The molecule has 3 rings (SSSR count). The molecule has 0 aliphatic carbocycles. The van der Waals surface area contributed by atoms with Crippen LogP contribution in [0.1, 0.15) is 50.8 Å². The quantitative estimate of drug-likeness (QED) is 0.499. The summed E-state index contributed by atoms with van der Waals surface area (Å²) in [6.07, 6.45) is 4.11. The first kappa shape index (κ1) is 20.8. The Morgan fingerprint density at radius 2 is 1.76 bits per heavy atom. The molecule has 0 saturated heterocycles. The van der Waals surface area contributed by atoms with E-state index in [1.165, 1.54) is 0 Å². The van der Waals surface area contributed by atoms with Gasteiger partial charge in [0.15, 0.2) is 11.5 Å². The van der Waals surface area contributed by atoms with Crippen LogP contribution in [0.5, 0.6) is 11.5 Å². The molecule has 1 atom stereocenters. The van der Waals surface area contributed by atoms with Gasteiger partial charge in [0.2, 0.25) is 5.91 Å². The topological polar surface area (TPSA) is 63.3 Å². The summed E-state index contributed by atoms with van der Waals surface area (Å²) in [7, 11) is 0. The van der Waals surface area contributed by atoms with Crippen LogP contribution in [0.15, 0.2) is 48.7 Å². The third-order valence-corrected chi connectivity index (χ3v) is 4.79. The zero-order valence-electron chi connectivity index (χ0n) is 17.5. The fourth-order valence-electron chi connectivity index (χ4n) is 3.28. The first-order valence-electron chi connectivity index (χ1n) is 10.4. The summed E-state index contributed by atoms with van der Waals surface area (Å²) in [6.45, 7) is 7.42. The van der Waals surface area contributed by atoms with Crippen LogP contribution in [-0.4, -0.2) is 24.1 Å². The van der Waals surface area contributed by atoms with Gasteiger partial charge in [-0.3, -0.25) is 4.79 Å². The minimum atomic E-state index is -0.128. The fourth-order valence-corrected chi connectivity index (χ4v) is 3.28. The molecule has 3 aromatic rings. The maximum Gasteiger partial charge on any atom is 0.224 e. The molecule has 154 valence electrons. The Hall–Kier alpha value is -2.95. The number of nitrogens with one attached hydrogen (secondary N) is 2. The molecular formula is C24H30N2O3. The van der Waals surface area contributed by atoms with Gasteiger partial charge in [-0.25, -0.2) is 0 Å². The van der Waals surface area contributed by atoms with Crippen LogP contribution >= 0.6 is 0 Å². The summed E-state index contributed by atoms with van der Waals surface area (Å²) in [5.41, 5.74) is 3.04. The highest BCUT2D eigenvalue weighted by Crippen LogP contribution is 2.31. The molecule has 1 aromatic heterocycles. The zero-order valence-corrected chi connectivity index (χ0v) is 17.5. The highest BCUT2D eigenvalue weighted by atomic mass is 16.5. The summed E-state index contributed by atoms with van der Waals surface area (Å²) >= 11 is 0. The van der Waals surface area contributed by atoms with E-state index in [2.05, 4.69) is 24.1 Å². The number of benzene rings is 2. The number of aromatic amines is 1. The summed E-state index contributed by atoms with van der Waals surface area (Å²) in [4.78, 5) is 15.8. The Balaban J connectivity index is 1.68. The third-order valence-electron chi connectivity index (χ3n) is 4.79. The van der Waals surface area contributed by atoms with Crippen molar-refractivity contribution in [3.05, 3.63) is 59.8 Å². The van der Waals surface area contributed by atoms with Crippen molar-refractivity contribution >= 4 is 16.8 Å². The minimum absolute atomic E-state index is 0.00964. The van der Waals surface area contributed by atoms with E-state index < -0.39 is 0 Å². The van der Waals surface area contributed by atoms with Crippen LogP contribution in [0.25, 0.3) is 10.9 Å². The number of hydrogen-bond donors (Lipinski definition) is 2. The van der Waals surface area contributed by atoms with Crippen molar-refractivity contribution < 1.29 is 14.3 Å². The van der Waals surface area contributed by atoms with Gasteiger partial charge in [0, 0.05) is 17.1 Å². The smallest absolute Gasteiger partial charge is 0.224 e. The molecule has 0 saturated carbocycles. The fraction of sp³-hybridized carbons (Fsp3) is 0.375.